The molecule has 4 rings (SSSR count). The fraction of sp³-hybridized carbons (Fsp3) is 0.560. The summed E-state index contributed by atoms with van der Waals surface area (Å²) in [4.78, 5) is 64.7. The third-order valence-corrected chi connectivity index (χ3v) is 6.83. The Morgan fingerprint density at radius 3 is 2.49 bits per heavy atom. The van der Waals surface area contributed by atoms with Gasteiger partial charge in [0.2, 0.25) is 5.91 Å². The van der Waals surface area contributed by atoms with E-state index in [4.69, 9.17) is 4.74 Å². The molecule has 188 valence electrons. The van der Waals surface area contributed by atoms with E-state index in [2.05, 4.69) is 15.5 Å². The van der Waals surface area contributed by atoms with E-state index in [1.165, 1.54) is 7.05 Å². The van der Waals surface area contributed by atoms with Crippen LogP contribution in [0.1, 0.15) is 67.2 Å². The Kier molecular flexibility index (Phi) is 6.33. The second-order valence-corrected chi connectivity index (χ2v) is 10.7. The van der Waals surface area contributed by atoms with Gasteiger partial charge in [-0.3, -0.25) is 19.3 Å². The number of fused-ring (bicyclic) bond motifs is 1. The summed E-state index contributed by atoms with van der Waals surface area (Å²) in [5.74, 6) is -1.28. The van der Waals surface area contributed by atoms with Crippen molar-refractivity contribution in [2.45, 2.75) is 64.1 Å². The molecule has 1 aliphatic carbocycles. The van der Waals surface area contributed by atoms with Crippen LogP contribution in [0.2, 0.25) is 0 Å². The third kappa shape index (κ3) is 4.74. The number of benzene rings is 1. The molecule has 35 heavy (non-hydrogen) atoms. The monoisotopic (exact) mass is 484 g/mol. The number of hydrogen-bond donors (Lipinski definition) is 2. The highest BCUT2D eigenvalue weighted by Gasteiger charge is 2.54. The highest BCUT2D eigenvalue weighted by atomic mass is 16.6. The second-order valence-electron chi connectivity index (χ2n) is 10.7. The Balaban J connectivity index is 1.40. The molecule has 3 aliphatic rings. The molecule has 2 N–H and O–H groups in total. The Morgan fingerprint density at radius 1 is 1.20 bits per heavy atom. The number of alkyl carbamates (subject to hydrolysis) is 1. The number of amides is 4. The molecule has 0 bridgehead atoms. The first-order chi connectivity index (χ1) is 16.5. The number of rotatable bonds is 7. The van der Waals surface area contributed by atoms with Crippen LogP contribution in [0.4, 0.5) is 10.5 Å². The number of ether oxygens (including phenoxy) is 1. The molecule has 2 fully saturated rings. The Labute approximate surface area is 204 Å². The van der Waals surface area contributed by atoms with Gasteiger partial charge in [-0.1, -0.05) is 6.07 Å². The average molecular weight is 485 g/mol. The molecule has 2 heterocycles. The molecule has 10 nitrogen and oxygen atoms in total. The zero-order valence-corrected chi connectivity index (χ0v) is 20.6. The van der Waals surface area contributed by atoms with Crippen LogP contribution >= 0.6 is 0 Å². The summed E-state index contributed by atoms with van der Waals surface area (Å²) in [5, 5.41) is 5.38. The molecule has 1 unspecified atom stereocenters. The number of aldehydes is 1. The van der Waals surface area contributed by atoms with Crippen LogP contribution in [0.25, 0.3) is 0 Å². The van der Waals surface area contributed by atoms with Gasteiger partial charge in [0.05, 0.1) is 22.9 Å². The molecule has 4 amide bonds. The fourth-order valence-electron chi connectivity index (χ4n) is 5.27. The minimum absolute atomic E-state index is 0.0350. The van der Waals surface area contributed by atoms with Crippen LogP contribution in [0.15, 0.2) is 18.2 Å². The quantitative estimate of drug-likeness (QED) is 0.447. The maximum absolute atomic E-state index is 13.3. The maximum atomic E-state index is 13.3. The van der Waals surface area contributed by atoms with Crippen molar-refractivity contribution < 1.29 is 28.7 Å². The zero-order chi connectivity index (χ0) is 25.5. The van der Waals surface area contributed by atoms with Crippen molar-refractivity contribution >= 4 is 35.8 Å². The third-order valence-electron chi connectivity index (χ3n) is 6.83. The summed E-state index contributed by atoms with van der Waals surface area (Å²) in [6, 6.07) is 4.21. The van der Waals surface area contributed by atoms with Gasteiger partial charge in [0.1, 0.15) is 11.9 Å². The van der Waals surface area contributed by atoms with Crippen LogP contribution < -0.4 is 15.5 Å². The summed E-state index contributed by atoms with van der Waals surface area (Å²) in [7, 11) is 1.49. The lowest BCUT2D eigenvalue weighted by atomic mass is 9.60. The van der Waals surface area contributed by atoms with Gasteiger partial charge in [-0.05, 0) is 52.2 Å². The Bertz CT molecular complexity index is 1060. The molecule has 0 aromatic heterocycles. The summed E-state index contributed by atoms with van der Waals surface area (Å²) in [6.45, 7) is 6.90. The topological polar surface area (TPSA) is 125 Å². The predicted molar refractivity (Wildman–Crippen MR) is 127 cm³/mol. The van der Waals surface area contributed by atoms with Gasteiger partial charge in [0.15, 0.2) is 0 Å². The van der Waals surface area contributed by atoms with Crippen LogP contribution in [0.3, 0.4) is 0 Å². The lowest BCUT2D eigenvalue weighted by Crippen LogP contribution is -2.67. The predicted octanol–water partition coefficient (Wildman–Crippen LogP) is 1.87. The number of nitrogens with zero attached hydrogens (tertiary/aromatic N) is 2. The molecule has 1 atom stereocenters. The van der Waals surface area contributed by atoms with E-state index in [1.807, 2.05) is 26.8 Å². The van der Waals surface area contributed by atoms with Crippen molar-refractivity contribution in [2.75, 3.05) is 25.0 Å². The number of carbonyl (C=O) groups is 5. The van der Waals surface area contributed by atoms with Crippen molar-refractivity contribution in [3.8, 4) is 0 Å². The Morgan fingerprint density at radius 2 is 1.89 bits per heavy atom. The summed E-state index contributed by atoms with van der Waals surface area (Å²) < 4.78 is 5.32. The van der Waals surface area contributed by atoms with E-state index in [0.717, 1.165) is 17.7 Å². The summed E-state index contributed by atoms with van der Waals surface area (Å²) in [5.41, 5.74) is 0.774. The maximum Gasteiger partial charge on any atom is 0.407 e. The highest BCUT2D eigenvalue weighted by molar-refractivity contribution is 6.24. The molecule has 1 aromatic rings. The first-order valence-corrected chi connectivity index (χ1v) is 11.9. The molecule has 1 aromatic carbocycles. The normalized spacial score (nSPS) is 19.5. The van der Waals surface area contributed by atoms with Crippen molar-refractivity contribution in [3.05, 3.63) is 29.3 Å². The van der Waals surface area contributed by atoms with E-state index >= 15 is 0 Å². The standard InChI is InChI=1S/C25H32N4O6/c1-24(2,3)35-23(34)27-15-10-25(11-15)13-28(14-25)18-7-5-6-17-20(18)22(33)29(21(17)32)16(12-30)8-9-19(31)26-4/h5-7,12,15-16H,8-11,13-14H2,1-4H3,(H,26,31)(H,27,34). The molecule has 1 spiro atoms. The van der Waals surface area contributed by atoms with Crippen LogP contribution in [0.5, 0.6) is 0 Å². The van der Waals surface area contributed by atoms with Crippen LogP contribution in [0, 0.1) is 5.41 Å². The minimum Gasteiger partial charge on any atom is -0.444 e. The number of carbonyl (C=O) groups excluding carboxylic acids is 5. The molecular weight excluding hydrogens is 452 g/mol. The Hall–Kier alpha value is -3.43. The summed E-state index contributed by atoms with van der Waals surface area (Å²) in [6.07, 6.45) is 1.89. The zero-order valence-electron chi connectivity index (χ0n) is 20.6. The van der Waals surface area contributed by atoms with Crippen molar-refractivity contribution in [3.63, 3.8) is 0 Å². The SMILES string of the molecule is CNC(=O)CCC(C=O)N1C(=O)c2cccc(N3CC4(CC(NC(=O)OC(C)(C)C)C4)C3)c2C1=O. The lowest BCUT2D eigenvalue weighted by molar-refractivity contribution is -0.121. The van der Waals surface area contributed by atoms with E-state index < -0.39 is 29.6 Å². The highest BCUT2D eigenvalue weighted by Crippen LogP contribution is 2.51. The van der Waals surface area contributed by atoms with Gasteiger partial charge in [-0.2, -0.15) is 0 Å². The van der Waals surface area contributed by atoms with Crippen molar-refractivity contribution in [2.24, 2.45) is 5.41 Å². The van der Waals surface area contributed by atoms with E-state index in [9.17, 15) is 24.0 Å². The molecule has 2 aliphatic heterocycles. The largest absolute Gasteiger partial charge is 0.444 e. The number of imide groups is 1. The molecule has 10 heteroatoms. The number of anilines is 1. The van der Waals surface area contributed by atoms with Crippen LogP contribution in [-0.2, 0) is 14.3 Å². The van der Waals surface area contributed by atoms with E-state index in [1.54, 1.807) is 12.1 Å². The fourth-order valence-corrected chi connectivity index (χ4v) is 5.27. The van der Waals surface area contributed by atoms with Gasteiger partial charge in [-0.25, -0.2) is 4.79 Å². The summed E-state index contributed by atoms with van der Waals surface area (Å²) >= 11 is 0. The van der Waals surface area contributed by atoms with E-state index in [0.29, 0.717) is 30.6 Å². The smallest absolute Gasteiger partial charge is 0.407 e. The van der Waals surface area contributed by atoms with Gasteiger partial charge in [0.25, 0.3) is 11.8 Å². The first kappa shape index (κ1) is 24.7. The van der Waals surface area contributed by atoms with Crippen molar-refractivity contribution in [1.29, 1.82) is 0 Å². The van der Waals surface area contributed by atoms with Gasteiger partial charge >= 0.3 is 6.09 Å². The first-order valence-electron chi connectivity index (χ1n) is 11.9. The second kappa shape index (κ2) is 8.98. The minimum atomic E-state index is -0.999. The molecule has 1 saturated heterocycles. The van der Waals surface area contributed by atoms with Gasteiger partial charge in [-0.15, -0.1) is 0 Å². The van der Waals surface area contributed by atoms with E-state index in [-0.39, 0.29) is 35.8 Å². The number of nitrogens with one attached hydrogen (secondary N) is 2. The van der Waals surface area contributed by atoms with Gasteiger partial charge in [0, 0.05) is 38.0 Å². The molecule has 1 saturated carbocycles. The average Bonchev–Trinajstić information content (AvgIpc) is 2.99. The van der Waals surface area contributed by atoms with Gasteiger partial charge < -0.3 is 25.1 Å². The molecule has 0 radical (unpaired) electrons. The lowest BCUT2D eigenvalue weighted by Gasteiger charge is -2.60. The number of hydrogen-bond acceptors (Lipinski definition) is 7. The van der Waals surface area contributed by atoms with Crippen molar-refractivity contribution in [1.82, 2.24) is 15.5 Å². The van der Waals surface area contributed by atoms with Crippen LogP contribution in [-0.4, -0.2) is 72.8 Å². The molecular formula is C25H32N4O6.